The third-order valence-electron chi connectivity index (χ3n) is 4.32. The number of hydrogen-bond donors (Lipinski definition) is 1. The summed E-state index contributed by atoms with van der Waals surface area (Å²) in [5, 5.41) is 9.05. The van der Waals surface area contributed by atoms with E-state index in [9.17, 15) is 18.0 Å². The highest BCUT2D eigenvalue weighted by molar-refractivity contribution is 7.89. The lowest BCUT2D eigenvalue weighted by Crippen LogP contribution is -2.48. The minimum Gasteiger partial charge on any atom is -0.479 e. The Kier molecular flexibility index (Phi) is 5.56. The summed E-state index contributed by atoms with van der Waals surface area (Å²) in [6.07, 6.45) is -1.08. The molecule has 1 unspecified atom stereocenters. The number of amides is 1. The molecule has 2 fully saturated rings. The molecule has 1 aromatic rings. The topological polar surface area (TPSA) is 113 Å². The molecule has 0 bridgehead atoms. The van der Waals surface area contributed by atoms with Crippen molar-refractivity contribution >= 4 is 21.9 Å². The highest BCUT2D eigenvalue weighted by Gasteiger charge is 2.31. The average Bonchev–Trinajstić information content (AvgIpc) is 2.68. The molecule has 3 rings (SSSR count). The number of ether oxygens (including phenoxy) is 2. The number of nitrogens with zero attached hydrogens (tertiary/aromatic N) is 2. The molecule has 1 N–H and O–H groups in total. The summed E-state index contributed by atoms with van der Waals surface area (Å²) in [6.45, 7) is 1.51. The molecular formula is C16H20N2O7S. The lowest BCUT2D eigenvalue weighted by Gasteiger charge is -2.31. The van der Waals surface area contributed by atoms with Crippen LogP contribution in [0.15, 0.2) is 29.2 Å². The molecule has 10 heteroatoms. The number of benzene rings is 1. The van der Waals surface area contributed by atoms with E-state index in [1.54, 1.807) is 0 Å². The zero-order valence-electron chi connectivity index (χ0n) is 14.0. The van der Waals surface area contributed by atoms with Crippen LogP contribution >= 0.6 is 0 Å². The summed E-state index contributed by atoms with van der Waals surface area (Å²) in [7, 11) is -3.71. The van der Waals surface area contributed by atoms with Crippen LogP contribution in [0.25, 0.3) is 0 Å². The van der Waals surface area contributed by atoms with Gasteiger partial charge in [-0.1, -0.05) is 6.07 Å². The number of morpholine rings is 2. The molecule has 0 spiro atoms. The monoisotopic (exact) mass is 384 g/mol. The lowest BCUT2D eigenvalue weighted by molar-refractivity contribution is -0.154. The van der Waals surface area contributed by atoms with Crippen molar-refractivity contribution in [2.24, 2.45) is 0 Å². The molecule has 1 atom stereocenters. The van der Waals surface area contributed by atoms with E-state index in [1.165, 1.54) is 33.5 Å². The number of carboxylic acid groups (broad SMARTS) is 1. The summed E-state index contributed by atoms with van der Waals surface area (Å²) >= 11 is 0. The fraction of sp³-hybridized carbons (Fsp3) is 0.500. The van der Waals surface area contributed by atoms with Crippen molar-refractivity contribution in [2.75, 3.05) is 46.0 Å². The zero-order chi connectivity index (χ0) is 18.7. The molecule has 26 heavy (non-hydrogen) atoms. The fourth-order valence-corrected chi connectivity index (χ4v) is 4.35. The molecule has 2 aliphatic heterocycles. The van der Waals surface area contributed by atoms with Crippen LogP contribution < -0.4 is 0 Å². The maximum atomic E-state index is 12.7. The number of hydrogen-bond acceptors (Lipinski definition) is 6. The summed E-state index contributed by atoms with van der Waals surface area (Å²) < 4.78 is 37.1. The Morgan fingerprint density at radius 2 is 1.85 bits per heavy atom. The van der Waals surface area contributed by atoms with Gasteiger partial charge in [-0.2, -0.15) is 4.31 Å². The Labute approximate surface area is 151 Å². The van der Waals surface area contributed by atoms with Crippen molar-refractivity contribution in [3.05, 3.63) is 29.8 Å². The smallest absolute Gasteiger partial charge is 0.334 e. The second kappa shape index (κ2) is 7.70. The molecule has 0 aliphatic carbocycles. The SMILES string of the molecule is O=C(O)C1CN(C(=O)c2cccc(S(=O)(=O)N3CCOCC3)c2)CCO1. The average molecular weight is 384 g/mol. The number of carboxylic acids is 1. The Hall–Kier alpha value is -2.01. The van der Waals surface area contributed by atoms with Gasteiger partial charge in [0.15, 0.2) is 6.10 Å². The van der Waals surface area contributed by atoms with E-state index in [4.69, 9.17) is 14.6 Å². The molecule has 0 aromatic heterocycles. The quantitative estimate of drug-likeness (QED) is 0.754. The van der Waals surface area contributed by atoms with Gasteiger partial charge in [0.1, 0.15) is 0 Å². The molecule has 9 nitrogen and oxygen atoms in total. The van der Waals surface area contributed by atoms with Gasteiger partial charge in [0.2, 0.25) is 10.0 Å². The number of sulfonamides is 1. The van der Waals surface area contributed by atoms with Crippen molar-refractivity contribution < 1.29 is 32.6 Å². The Balaban J connectivity index is 1.80. The predicted octanol–water partition coefficient (Wildman–Crippen LogP) is -0.367. The third kappa shape index (κ3) is 3.88. The molecule has 2 heterocycles. The van der Waals surface area contributed by atoms with Gasteiger partial charge in [-0.05, 0) is 18.2 Å². The third-order valence-corrected chi connectivity index (χ3v) is 6.21. The second-order valence-corrected chi connectivity index (χ2v) is 7.93. The van der Waals surface area contributed by atoms with Crippen LogP contribution in [0.3, 0.4) is 0 Å². The van der Waals surface area contributed by atoms with Gasteiger partial charge in [-0.25, -0.2) is 13.2 Å². The molecule has 142 valence electrons. The van der Waals surface area contributed by atoms with E-state index in [1.807, 2.05) is 0 Å². The molecule has 0 radical (unpaired) electrons. The van der Waals surface area contributed by atoms with Crippen LogP contribution in [-0.2, 0) is 24.3 Å². The first-order chi connectivity index (χ1) is 12.4. The van der Waals surface area contributed by atoms with Gasteiger partial charge in [-0.15, -0.1) is 0 Å². The number of aliphatic carboxylic acids is 1. The first-order valence-electron chi connectivity index (χ1n) is 8.21. The lowest BCUT2D eigenvalue weighted by atomic mass is 10.1. The predicted molar refractivity (Wildman–Crippen MR) is 89.3 cm³/mol. The van der Waals surface area contributed by atoms with E-state index < -0.39 is 28.0 Å². The fourth-order valence-electron chi connectivity index (χ4n) is 2.89. The summed E-state index contributed by atoms with van der Waals surface area (Å²) in [5.74, 6) is -1.55. The second-order valence-electron chi connectivity index (χ2n) is 5.99. The Morgan fingerprint density at radius 1 is 1.12 bits per heavy atom. The van der Waals surface area contributed by atoms with Crippen LogP contribution in [0, 0.1) is 0 Å². The summed E-state index contributed by atoms with van der Waals surface area (Å²) in [6, 6.07) is 5.81. The van der Waals surface area contributed by atoms with E-state index in [0.717, 1.165) is 0 Å². The molecule has 2 saturated heterocycles. The van der Waals surface area contributed by atoms with Gasteiger partial charge in [0.25, 0.3) is 5.91 Å². The highest BCUT2D eigenvalue weighted by Crippen LogP contribution is 2.20. The Morgan fingerprint density at radius 3 is 2.54 bits per heavy atom. The van der Waals surface area contributed by atoms with Crippen LogP contribution in [0.4, 0.5) is 0 Å². The summed E-state index contributed by atoms with van der Waals surface area (Å²) in [4.78, 5) is 25.1. The first-order valence-corrected chi connectivity index (χ1v) is 9.65. The number of carbonyl (C=O) groups excluding carboxylic acids is 1. The van der Waals surface area contributed by atoms with E-state index in [-0.39, 0.29) is 43.2 Å². The van der Waals surface area contributed by atoms with Crippen molar-refractivity contribution in [1.29, 1.82) is 0 Å². The van der Waals surface area contributed by atoms with Gasteiger partial charge in [0.05, 0.1) is 31.3 Å². The highest BCUT2D eigenvalue weighted by atomic mass is 32.2. The van der Waals surface area contributed by atoms with Crippen molar-refractivity contribution in [3.63, 3.8) is 0 Å². The minimum atomic E-state index is -3.71. The number of rotatable bonds is 4. The zero-order valence-corrected chi connectivity index (χ0v) is 14.9. The molecule has 1 aromatic carbocycles. The van der Waals surface area contributed by atoms with Gasteiger partial charge in [0, 0.05) is 25.2 Å². The molecule has 1 amide bonds. The van der Waals surface area contributed by atoms with E-state index in [2.05, 4.69) is 0 Å². The van der Waals surface area contributed by atoms with E-state index >= 15 is 0 Å². The van der Waals surface area contributed by atoms with E-state index in [0.29, 0.717) is 13.2 Å². The van der Waals surface area contributed by atoms with Crippen molar-refractivity contribution in [3.8, 4) is 0 Å². The van der Waals surface area contributed by atoms with Gasteiger partial charge >= 0.3 is 5.97 Å². The van der Waals surface area contributed by atoms with Gasteiger partial charge in [-0.3, -0.25) is 4.79 Å². The molecule has 2 aliphatic rings. The van der Waals surface area contributed by atoms with Crippen LogP contribution in [-0.4, -0.2) is 86.7 Å². The van der Waals surface area contributed by atoms with Crippen molar-refractivity contribution in [1.82, 2.24) is 9.21 Å². The Bertz CT molecular complexity index is 790. The van der Waals surface area contributed by atoms with Crippen molar-refractivity contribution in [2.45, 2.75) is 11.0 Å². The maximum Gasteiger partial charge on any atom is 0.334 e. The van der Waals surface area contributed by atoms with Crippen LogP contribution in [0.1, 0.15) is 10.4 Å². The largest absolute Gasteiger partial charge is 0.479 e. The maximum absolute atomic E-state index is 12.7. The number of carbonyl (C=O) groups is 2. The van der Waals surface area contributed by atoms with Crippen LogP contribution in [0.5, 0.6) is 0 Å². The first kappa shape index (κ1) is 18.8. The normalized spacial score (nSPS) is 22.2. The van der Waals surface area contributed by atoms with Crippen LogP contribution in [0.2, 0.25) is 0 Å². The summed E-state index contributed by atoms with van der Waals surface area (Å²) in [5.41, 5.74) is 0.199. The van der Waals surface area contributed by atoms with Gasteiger partial charge < -0.3 is 19.5 Å². The standard InChI is InChI=1S/C16H20N2O7S/c19-15(17-4-9-25-14(11-17)16(20)21)12-2-1-3-13(10-12)26(22,23)18-5-7-24-8-6-18/h1-3,10,14H,4-9,11H2,(H,20,21). The molecule has 0 saturated carbocycles. The molecular weight excluding hydrogens is 364 g/mol. The minimum absolute atomic E-state index is 0.0355.